The van der Waals surface area contributed by atoms with Gasteiger partial charge in [-0.05, 0) is 37.1 Å². The summed E-state index contributed by atoms with van der Waals surface area (Å²) >= 11 is 8.73. The van der Waals surface area contributed by atoms with E-state index in [1.54, 1.807) is 4.90 Å². The highest BCUT2D eigenvalue weighted by atomic mass is 35.5. The number of benzene rings is 1. The minimum absolute atomic E-state index is 0.0153. The number of Topliss-reactive ketones (excluding diaryl/α,β-unsaturated/α-hetero) is 2. The number of tetrazole rings is 1. The van der Waals surface area contributed by atoms with E-state index in [4.69, 9.17) is 22.2 Å². The fraction of sp³-hybridized carbons (Fsp3) is 0.500. The molecule has 6 heterocycles. The Morgan fingerprint density at radius 2 is 1.91 bits per heavy atom. The largest absolute Gasteiger partial charge is 0.504 e. The van der Waals surface area contributed by atoms with Crippen LogP contribution in [0.25, 0.3) is 5.70 Å². The second-order valence-electron chi connectivity index (χ2n) is 15.0. The van der Waals surface area contributed by atoms with Crippen LogP contribution in [0.2, 0.25) is 4.34 Å². The minimum Gasteiger partial charge on any atom is -0.504 e. The van der Waals surface area contributed by atoms with Gasteiger partial charge in [0, 0.05) is 55.4 Å². The van der Waals surface area contributed by atoms with Gasteiger partial charge in [0.05, 0.1) is 36.1 Å². The summed E-state index contributed by atoms with van der Waals surface area (Å²) in [6.45, 7) is 3.11. The molecule has 0 spiro atoms. The summed E-state index contributed by atoms with van der Waals surface area (Å²) in [5.74, 6) is -5.17. The van der Waals surface area contributed by atoms with Gasteiger partial charge in [-0.25, -0.2) is 14.2 Å². The van der Waals surface area contributed by atoms with Gasteiger partial charge in [0.2, 0.25) is 17.3 Å². The zero-order chi connectivity index (χ0) is 39.6. The summed E-state index contributed by atoms with van der Waals surface area (Å²) in [5, 5.41) is 47.1. The van der Waals surface area contributed by atoms with Gasteiger partial charge in [0.15, 0.2) is 39.7 Å². The lowest BCUT2D eigenvalue weighted by atomic mass is 9.83. The molecule has 3 saturated heterocycles. The standard InChI is InChI=1S/C34H37ClFN9O8S2/c1-34(2,32(51)52)53-41-24(25-28(35)55-33(37)38-25)22(47)11-19-30(50)44-26(29-39-42-43-40-29)16(13-54-31(19)44)12-45(3)17-4-5-18(45)7-14(6-17)8-21(46)15-9-20(36)27(49)23(48)10-15/h9-10,14,17-19,31H,4-8,11-13H2,1-3H3,(H5-,37,38,39,40,41,42,43,46,47,48,49,51,52)/p+1/t14?,17-,18+,19-,31-,45?/m1/s1. The van der Waals surface area contributed by atoms with Gasteiger partial charge in [-0.2, -0.15) is 5.21 Å². The number of phenols is 2. The van der Waals surface area contributed by atoms with Crippen LogP contribution in [0.1, 0.15) is 74.2 Å². The number of aromatic amines is 1. The fourth-order valence-corrected chi connectivity index (χ4v) is 10.5. The van der Waals surface area contributed by atoms with Crippen LogP contribution in [0.4, 0.5) is 9.52 Å². The zero-order valence-corrected chi connectivity index (χ0v) is 32.3. The van der Waals surface area contributed by atoms with E-state index in [1.165, 1.54) is 25.6 Å². The van der Waals surface area contributed by atoms with Crippen molar-refractivity contribution in [3.05, 3.63) is 44.9 Å². The Kier molecular flexibility index (Phi) is 10.1. The number of β-lactam (4-membered cyclic amide) rings is 1. The Hall–Kier alpha value is -4.66. The number of nitrogen functional groups attached to an aromatic ring is 1. The highest BCUT2D eigenvalue weighted by Crippen LogP contribution is 2.51. The SMILES string of the molecule is CC(C)(O/N=C(\C(=O)C[C@@H]1C(=O)N2C(c3nn[nH]n3)=C(C[N+]3(C)[C@@H]4CC[C@H]3CC(CC(=O)c3cc(O)c(O)c(F)c3)C4)CS[C@H]12)c1nc(N)sc1Cl)C(=O)O. The number of ketones is 2. The Morgan fingerprint density at radius 1 is 1.20 bits per heavy atom. The molecular weight excluding hydrogens is 781 g/mol. The van der Waals surface area contributed by atoms with E-state index < -0.39 is 46.0 Å². The number of nitrogens with zero attached hydrogens (tertiary/aromatic N) is 7. The van der Waals surface area contributed by atoms with Gasteiger partial charge in [-0.15, -0.1) is 22.0 Å². The number of H-pyrrole nitrogens is 1. The van der Waals surface area contributed by atoms with Gasteiger partial charge in [0.1, 0.15) is 16.6 Å². The average molecular weight is 819 g/mol. The van der Waals surface area contributed by atoms with E-state index >= 15 is 0 Å². The first-order valence-corrected chi connectivity index (χ1v) is 19.7. The molecule has 1 amide bonds. The summed E-state index contributed by atoms with van der Waals surface area (Å²) in [6, 6.07) is 2.45. The van der Waals surface area contributed by atoms with Crippen molar-refractivity contribution < 1.29 is 48.2 Å². The number of halogens is 2. The second kappa shape index (κ2) is 14.4. The molecule has 6 atom stereocenters. The quantitative estimate of drug-likeness (QED) is 0.0413. The van der Waals surface area contributed by atoms with E-state index in [-0.39, 0.29) is 74.8 Å². The number of aliphatic carboxylic acids is 1. The maximum atomic E-state index is 14.1. The molecule has 3 fully saturated rings. The molecule has 4 aliphatic heterocycles. The first kappa shape index (κ1) is 38.6. The molecule has 55 heavy (non-hydrogen) atoms. The van der Waals surface area contributed by atoms with Gasteiger partial charge in [0.25, 0.3) is 0 Å². The summed E-state index contributed by atoms with van der Waals surface area (Å²) in [7, 11) is 2.19. The Balaban J connectivity index is 1.09. The van der Waals surface area contributed by atoms with Crippen LogP contribution in [0.15, 0.2) is 22.9 Å². The summed E-state index contributed by atoms with van der Waals surface area (Å²) in [6.07, 6.45) is 3.29. The van der Waals surface area contributed by atoms with Crippen molar-refractivity contribution in [2.24, 2.45) is 17.0 Å². The van der Waals surface area contributed by atoms with Crippen LogP contribution in [0.3, 0.4) is 0 Å². The third-order valence-corrected chi connectivity index (χ3v) is 13.7. The maximum Gasteiger partial charge on any atom is 0.350 e. The van der Waals surface area contributed by atoms with E-state index in [2.05, 4.69) is 37.8 Å². The minimum atomic E-state index is -1.78. The molecule has 6 N–H and O–H groups in total. The normalized spacial score (nSPS) is 26.5. The maximum absolute atomic E-state index is 14.1. The lowest BCUT2D eigenvalue weighted by Gasteiger charge is -2.52. The summed E-state index contributed by atoms with van der Waals surface area (Å²) < 4.78 is 14.8. The zero-order valence-electron chi connectivity index (χ0n) is 29.9. The van der Waals surface area contributed by atoms with Crippen LogP contribution in [-0.4, -0.2) is 122 Å². The number of thioether (sulfide) groups is 1. The molecule has 0 saturated carbocycles. The molecule has 2 aromatic heterocycles. The first-order valence-electron chi connectivity index (χ1n) is 17.4. The third-order valence-electron chi connectivity index (χ3n) is 11.2. The van der Waals surface area contributed by atoms with Crippen molar-refractivity contribution in [3.8, 4) is 11.5 Å². The molecule has 2 bridgehead atoms. The van der Waals surface area contributed by atoms with Gasteiger partial charge >= 0.3 is 5.97 Å². The molecule has 292 valence electrons. The molecule has 7 rings (SSSR count). The predicted octanol–water partition coefficient (Wildman–Crippen LogP) is 3.59. The number of phenolic OH excluding ortho intramolecular Hbond substituents is 2. The molecule has 0 radical (unpaired) electrons. The van der Waals surface area contributed by atoms with Crippen molar-refractivity contribution >= 4 is 74.7 Å². The molecular formula is C34H38ClFN9O8S2+. The number of carboxylic acids is 1. The Labute approximate surface area is 326 Å². The molecule has 3 aromatic rings. The van der Waals surface area contributed by atoms with Crippen molar-refractivity contribution in [1.29, 1.82) is 0 Å². The smallest absolute Gasteiger partial charge is 0.350 e. The van der Waals surface area contributed by atoms with Crippen molar-refractivity contribution in [1.82, 2.24) is 30.5 Å². The summed E-state index contributed by atoms with van der Waals surface area (Å²) in [4.78, 5) is 63.6. The molecule has 4 aliphatic rings. The number of hydrogen-bond acceptors (Lipinski definition) is 15. The number of carbonyl (C=O) groups excluding carboxylic acids is 3. The number of rotatable bonds is 13. The number of thiazole rings is 1. The number of carboxylic acid groups (broad SMARTS) is 1. The molecule has 21 heteroatoms. The number of aromatic nitrogens is 5. The third kappa shape index (κ3) is 7.04. The van der Waals surface area contributed by atoms with Gasteiger partial charge in [-0.1, -0.05) is 28.1 Å². The highest BCUT2D eigenvalue weighted by Gasteiger charge is 2.57. The Bertz CT molecular complexity index is 2110. The van der Waals surface area contributed by atoms with Crippen LogP contribution < -0.4 is 5.73 Å². The number of piperidine rings is 1. The van der Waals surface area contributed by atoms with E-state index in [0.717, 1.165) is 54.7 Å². The van der Waals surface area contributed by atoms with E-state index in [1.807, 2.05) is 0 Å². The van der Waals surface area contributed by atoms with E-state index in [0.29, 0.717) is 22.5 Å². The summed E-state index contributed by atoms with van der Waals surface area (Å²) in [5.41, 5.74) is 5.11. The molecule has 0 aliphatic carbocycles. The van der Waals surface area contributed by atoms with Crippen molar-refractivity contribution in [2.45, 2.75) is 75.4 Å². The first-order chi connectivity index (χ1) is 26.0. The van der Waals surface area contributed by atoms with Gasteiger partial charge < -0.3 is 30.4 Å². The Morgan fingerprint density at radius 3 is 2.51 bits per heavy atom. The number of hydrogen-bond donors (Lipinski definition) is 5. The number of carbonyl (C=O) groups is 4. The number of amides is 1. The number of fused-ring (bicyclic) bond motifs is 3. The monoisotopic (exact) mass is 818 g/mol. The molecule has 17 nitrogen and oxygen atoms in total. The van der Waals surface area contributed by atoms with Crippen LogP contribution in [0, 0.1) is 17.7 Å². The number of likely N-dealkylation sites (N-methyl/N-ethyl adjacent to an activating group) is 1. The highest BCUT2D eigenvalue weighted by molar-refractivity contribution is 8.00. The topological polar surface area (TPSA) is 247 Å². The van der Waals surface area contributed by atoms with Crippen molar-refractivity contribution in [2.75, 3.05) is 25.1 Å². The lowest BCUT2D eigenvalue weighted by molar-refractivity contribution is -0.945. The van der Waals surface area contributed by atoms with Crippen molar-refractivity contribution in [3.63, 3.8) is 0 Å². The van der Waals surface area contributed by atoms with Crippen LogP contribution in [-0.2, 0) is 19.2 Å². The number of anilines is 1. The lowest BCUT2D eigenvalue weighted by Crippen LogP contribution is -2.62. The van der Waals surface area contributed by atoms with Gasteiger partial charge in [-0.3, -0.25) is 19.3 Å². The van der Waals surface area contributed by atoms with Crippen LogP contribution >= 0.6 is 34.7 Å². The van der Waals surface area contributed by atoms with E-state index in [9.17, 15) is 38.9 Å². The second-order valence-corrected chi connectivity index (χ2v) is 17.8. The number of quaternary nitrogens is 1. The number of oxime groups is 1. The molecule has 1 aromatic carbocycles. The predicted molar refractivity (Wildman–Crippen MR) is 197 cm³/mol. The average Bonchev–Trinajstić information content (AvgIpc) is 3.80. The molecule has 2 unspecified atom stereocenters. The number of nitrogens with two attached hydrogens (primary N) is 1. The van der Waals surface area contributed by atoms with Crippen LogP contribution in [0.5, 0.6) is 11.5 Å². The number of nitrogens with one attached hydrogen (secondary N) is 1. The fourth-order valence-electron chi connectivity index (χ4n) is 8.22. The number of aromatic hydroxyl groups is 2.